The van der Waals surface area contributed by atoms with Gasteiger partial charge in [0.25, 0.3) is 0 Å². The predicted molar refractivity (Wildman–Crippen MR) is 140 cm³/mol. The van der Waals surface area contributed by atoms with Crippen molar-refractivity contribution >= 4 is 45.0 Å². The molecule has 0 aliphatic carbocycles. The van der Waals surface area contributed by atoms with Crippen LogP contribution in [-0.2, 0) is 26.2 Å². The van der Waals surface area contributed by atoms with Gasteiger partial charge in [0.1, 0.15) is 6.04 Å². The van der Waals surface area contributed by atoms with E-state index in [0.717, 1.165) is 0 Å². The van der Waals surface area contributed by atoms with Gasteiger partial charge in [0, 0.05) is 43.1 Å². The largest absolute Gasteiger partial charge is 0.354 e. The Kier molecular flexibility index (Phi) is 11.0. The zero-order chi connectivity index (χ0) is 26.2. The van der Waals surface area contributed by atoms with E-state index in [1.165, 1.54) is 28.4 Å². The van der Waals surface area contributed by atoms with Gasteiger partial charge >= 0.3 is 0 Å². The maximum Gasteiger partial charge on any atom is 0.242 e. The number of halogens is 2. The van der Waals surface area contributed by atoms with Crippen molar-refractivity contribution in [3.05, 3.63) is 64.1 Å². The summed E-state index contributed by atoms with van der Waals surface area (Å²) in [6, 6.07) is 12.4. The molecule has 2 rings (SSSR count). The van der Waals surface area contributed by atoms with Crippen LogP contribution in [-0.4, -0.2) is 55.6 Å². The zero-order valence-corrected chi connectivity index (χ0v) is 22.8. The first-order chi connectivity index (χ1) is 16.4. The summed E-state index contributed by atoms with van der Waals surface area (Å²) in [5.41, 5.74) is 0.664. The molecule has 2 amide bonds. The van der Waals surface area contributed by atoms with E-state index in [4.69, 9.17) is 23.2 Å². The third kappa shape index (κ3) is 8.49. The maximum absolute atomic E-state index is 13.2. The van der Waals surface area contributed by atoms with Gasteiger partial charge in [0.2, 0.25) is 21.8 Å². The van der Waals surface area contributed by atoms with Crippen molar-refractivity contribution in [2.24, 2.45) is 5.92 Å². The molecular weight excluding hydrogens is 509 g/mol. The summed E-state index contributed by atoms with van der Waals surface area (Å²) in [4.78, 5) is 27.6. The predicted octanol–water partition coefficient (Wildman–Crippen LogP) is 4.58. The number of nitrogens with one attached hydrogen (secondary N) is 1. The molecule has 1 N–H and O–H groups in total. The minimum Gasteiger partial charge on any atom is -0.354 e. The quantitative estimate of drug-likeness (QED) is 0.425. The van der Waals surface area contributed by atoms with Crippen molar-refractivity contribution in [3.8, 4) is 0 Å². The molecule has 7 nitrogen and oxygen atoms in total. The van der Waals surface area contributed by atoms with E-state index < -0.39 is 16.1 Å². The highest BCUT2D eigenvalue weighted by Crippen LogP contribution is 2.24. The van der Waals surface area contributed by atoms with Crippen LogP contribution < -0.4 is 5.32 Å². The van der Waals surface area contributed by atoms with Gasteiger partial charge in [-0.1, -0.05) is 61.3 Å². The van der Waals surface area contributed by atoms with E-state index in [2.05, 4.69) is 5.32 Å². The Morgan fingerprint density at radius 2 is 1.69 bits per heavy atom. The van der Waals surface area contributed by atoms with E-state index in [0.29, 0.717) is 28.6 Å². The Hall–Kier alpha value is -2.13. The highest BCUT2D eigenvalue weighted by Gasteiger charge is 2.27. The number of benzene rings is 2. The summed E-state index contributed by atoms with van der Waals surface area (Å²) in [5.74, 6) is -0.266. The van der Waals surface area contributed by atoms with Crippen molar-refractivity contribution in [2.75, 3.05) is 20.1 Å². The highest BCUT2D eigenvalue weighted by atomic mass is 35.5. The monoisotopic (exact) mass is 541 g/mol. The van der Waals surface area contributed by atoms with Crippen LogP contribution in [0.15, 0.2) is 53.4 Å². The molecule has 35 heavy (non-hydrogen) atoms. The fraction of sp³-hybridized carbons (Fsp3) is 0.440. The number of carbonyl (C=O) groups is 2. The van der Waals surface area contributed by atoms with Gasteiger partial charge in [0.05, 0.1) is 4.90 Å². The van der Waals surface area contributed by atoms with Gasteiger partial charge in [-0.25, -0.2) is 12.7 Å². The number of nitrogens with zero attached hydrogens (tertiary/aromatic N) is 2. The van der Waals surface area contributed by atoms with Gasteiger partial charge < -0.3 is 10.2 Å². The molecule has 1 unspecified atom stereocenters. The molecule has 0 aliphatic rings. The lowest BCUT2D eigenvalue weighted by atomic mass is 10.1. The van der Waals surface area contributed by atoms with E-state index in [9.17, 15) is 18.0 Å². The normalized spacial score (nSPS) is 12.6. The summed E-state index contributed by atoms with van der Waals surface area (Å²) in [6.07, 6.45) is 0.369. The Bertz CT molecular complexity index is 1110. The standard InChI is InChI=1S/C25H33Cl2N3O4S/c1-18(2)16-28-25(32)19(3)30(17-20-12-13-21(26)15-23(20)27)24(31)11-8-14-29(4)35(33,34)22-9-6-5-7-10-22/h5-7,9-10,12-13,15,18-19H,8,11,14,16-17H2,1-4H3,(H,28,32). The molecule has 0 radical (unpaired) electrons. The van der Waals surface area contributed by atoms with E-state index in [1.807, 2.05) is 13.8 Å². The molecule has 192 valence electrons. The van der Waals surface area contributed by atoms with Gasteiger partial charge in [0.15, 0.2) is 0 Å². The van der Waals surface area contributed by atoms with Crippen LogP contribution in [0.5, 0.6) is 0 Å². The summed E-state index contributed by atoms with van der Waals surface area (Å²) in [5, 5.41) is 3.74. The molecule has 0 aromatic heterocycles. The van der Waals surface area contributed by atoms with Crippen LogP contribution in [0.4, 0.5) is 0 Å². The molecule has 0 saturated carbocycles. The van der Waals surface area contributed by atoms with E-state index >= 15 is 0 Å². The lowest BCUT2D eigenvalue weighted by Gasteiger charge is -2.29. The second-order valence-electron chi connectivity index (χ2n) is 8.82. The lowest BCUT2D eigenvalue weighted by Crippen LogP contribution is -2.48. The first-order valence-corrected chi connectivity index (χ1v) is 13.7. The molecule has 2 aromatic carbocycles. The number of hydrogen-bond acceptors (Lipinski definition) is 4. The molecule has 2 aromatic rings. The van der Waals surface area contributed by atoms with Crippen LogP contribution in [0, 0.1) is 5.92 Å². The maximum atomic E-state index is 13.2. The summed E-state index contributed by atoms with van der Waals surface area (Å²) in [6.45, 7) is 6.43. The summed E-state index contributed by atoms with van der Waals surface area (Å²) >= 11 is 12.3. The SMILES string of the molecule is CC(C)CNC(=O)C(C)N(Cc1ccc(Cl)cc1Cl)C(=O)CCCN(C)S(=O)(=O)c1ccccc1. The van der Waals surface area contributed by atoms with E-state index in [-0.39, 0.29) is 42.1 Å². The van der Waals surface area contributed by atoms with Crippen LogP contribution in [0.1, 0.15) is 39.2 Å². The second-order valence-corrected chi connectivity index (χ2v) is 11.7. The molecule has 0 heterocycles. The molecule has 0 aliphatic heterocycles. The third-order valence-corrected chi connectivity index (χ3v) is 7.98. The zero-order valence-electron chi connectivity index (χ0n) is 20.5. The van der Waals surface area contributed by atoms with Crippen molar-refractivity contribution in [2.45, 2.75) is 51.1 Å². The number of amides is 2. The van der Waals surface area contributed by atoms with E-state index in [1.54, 1.807) is 43.3 Å². The van der Waals surface area contributed by atoms with Crippen molar-refractivity contribution in [1.29, 1.82) is 0 Å². The first-order valence-electron chi connectivity index (χ1n) is 11.5. The molecule has 10 heteroatoms. The Morgan fingerprint density at radius 3 is 2.29 bits per heavy atom. The first kappa shape index (κ1) is 29.1. The van der Waals surface area contributed by atoms with Gasteiger partial charge in [-0.3, -0.25) is 9.59 Å². The van der Waals surface area contributed by atoms with Crippen LogP contribution in [0.3, 0.4) is 0 Å². The molecule has 0 bridgehead atoms. The van der Waals surface area contributed by atoms with Crippen LogP contribution >= 0.6 is 23.2 Å². The number of hydrogen-bond donors (Lipinski definition) is 1. The smallest absolute Gasteiger partial charge is 0.242 e. The van der Waals surface area contributed by atoms with Crippen molar-refractivity contribution in [3.63, 3.8) is 0 Å². The minimum absolute atomic E-state index is 0.0711. The fourth-order valence-electron chi connectivity index (χ4n) is 3.36. The summed E-state index contributed by atoms with van der Waals surface area (Å²) < 4.78 is 26.7. The Balaban J connectivity index is 2.11. The van der Waals surface area contributed by atoms with Crippen molar-refractivity contribution in [1.82, 2.24) is 14.5 Å². The summed E-state index contributed by atoms with van der Waals surface area (Å²) in [7, 11) is -2.16. The Morgan fingerprint density at radius 1 is 1.03 bits per heavy atom. The van der Waals surface area contributed by atoms with Gasteiger partial charge in [-0.05, 0) is 49.1 Å². The third-order valence-electron chi connectivity index (χ3n) is 5.52. The molecule has 0 fully saturated rings. The van der Waals surface area contributed by atoms with Gasteiger partial charge in [-0.15, -0.1) is 0 Å². The fourth-order valence-corrected chi connectivity index (χ4v) is 5.06. The highest BCUT2D eigenvalue weighted by molar-refractivity contribution is 7.89. The lowest BCUT2D eigenvalue weighted by molar-refractivity contribution is -0.140. The molecule has 0 spiro atoms. The molecular formula is C25H33Cl2N3O4S. The average molecular weight is 543 g/mol. The van der Waals surface area contributed by atoms with Crippen LogP contribution in [0.2, 0.25) is 10.0 Å². The van der Waals surface area contributed by atoms with Crippen LogP contribution in [0.25, 0.3) is 0 Å². The van der Waals surface area contributed by atoms with Crippen molar-refractivity contribution < 1.29 is 18.0 Å². The topological polar surface area (TPSA) is 86.8 Å². The average Bonchev–Trinajstić information content (AvgIpc) is 2.81. The minimum atomic E-state index is -3.65. The molecule has 1 atom stereocenters. The molecule has 0 saturated heterocycles. The second kappa shape index (κ2) is 13.3. The van der Waals surface area contributed by atoms with Gasteiger partial charge in [-0.2, -0.15) is 0 Å². The Labute approximate surface area is 218 Å². The number of sulfonamides is 1. The number of rotatable bonds is 12. The number of carbonyl (C=O) groups excluding carboxylic acids is 2.